The number of hydrogen-bond donors (Lipinski definition) is 0. The van der Waals surface area contributed by atoms with Gasteiger partial charge in [-0.1, -0.05) is 49.6 Å². The van der Waals surface area contributed by atoms with Crippen molar-refractivity contribution < 1.29 is 18.9 Å². The first-order chi connectivity index (χ1) is 11.0. The standard InChI is InChI=1S/C18H25ClO4/c1-4-5-10-14-15(16-17(21-14)23-18(2,3)22-16)20-11-12-8-6-7-9-13(12)19/h6-9,14-17H,4-5,10-11H2,1-3H3/t14-,15+,16-,17-/m1/s1. The molecule has 0 aliphatic carbocycles. The lowest BCUT2D eigenvalue weighted by Gasteiger charge is -2.26. The van der Waals surface area contributed by atoms with Crippen LogP contribution >= 0.6 is 11.6 Å². The molecule has 1 aromatic carbocycles. The molecule has 2 aliphatic rings. The molecule has 0 amide bonds. The number of rotatable bonds is 6. The highest BCUT2D eigenvalue weighted by Gasteiger charge is 2.55. The van der Waals surface area contributed by atoms with Crippen LogP contribution in [0.15, 0.2) is 24.3 Å². The van der Waals surface area contributed by atoms with E-state index in [0.29, 0.717) is 6.61 Å². The summed E-state index contributed by atoms with van der Waals surface area (Å²) in [5.41, 5.74) is 0.977. The summed E-state index contributed by atoms with van der Waals surface area (Å²) in [6.45, 7) is 6.43. The predicted molar refractivity (Wildman–Crippen MR) is 88.3 cm³/mol. The van der Waals surface area contributed by atoms with E-state index in [1.807, 2.05) is 38.1 Å². The molecule has 4 atom stereocenters. The van der Waals surface area contributed by atoms with E-state index in [4.69, 9.17) is 30.5 Å². The van der Waals surface area contributed by atoms with Crippen molar-refractivity contribution in [2.75, 3.05) is 0 Å². The molecule has 2 fully saturated rings. The summed E-state index contributed by atoms with van der Waals surface area (Å²) >= 11 is 6.22. The molecule has 0 bridgehead atoms. The van der Waals surface area contributed by atoms with E-state index in [-0.39, 0.29) is 24.6 Å². The molecule has 0 spiro atoms. The second-order valence-corrected chi connectivity index (χ2v) is 7.06. The highest BCUT2D eigenvalue weighted by atomic mass is 35.5. The number of unbranched alkanes of at least 4 members (excludes halogenated alkanes) is 1. The normalized spacial score (nSPS) is 32.2. The van der Waals surface area contributed by atoms with E-state index >= 15 is 0 Å². The van der Waals surface area contributed by atoms with Crippen LogP contribution in [0.4, 0.5) is 0 Å². The Balaban J connectivity index is 1.68. The molecule has 5 heteroatoms. The Hall–Kier alpha value is -0.650. The van der Waals surface area contributed by atoms with E-state index < -0.39 is 5.79 Å². The van der Waals surface area contributed by atoms with Crippen molar-refractivity contribution in [2.45, 2.75) is 77.0 Å². The van der Waals surface area contributed by atoms with Crippen molar-refractivity contribution in [1.29, 1.82) is 0 Å². The second-order valence-electron chi connectivity index (χ2n) is 6.65. The molecule has 1 aromatic rings. The first kappa shape index (κ1) is 17.2. The zero-order chi connectivity index (χ0) is 16.4. The van der Waals surface area contributed by atoms with Crippen LogP contribution in [-0.4, -0.2) is 30.4 Å². The molecule has 3 rings (SSSR count). The van der Waals surface area contributed by atoms with Crippen molar-refractivity contribution in [3.8, 4) is 0 Å². The minimum atomic E-state index is -0.628. The Bertz CT molecular complexity index is 534. The fourth-order valence-corrected chi connectivity index (χ4v) is 3.38. The van der Waals surface area contributed by atoms with E-state index in [0.717, 1.165) is 29.8 Å². The second kappa shape index (κ2) is 7.08. The Morgan fingerprint density at radius 1 is 1.22 bits per heavy atom. The van der Waals surface area contributed by atoms with Gasteiger partial charge in [0.05, 0.1) is 12.7 Å². The molecule has 0 radical (unpaired) electrons. The van der Waals surface area contributed by atoms with Crippen LogP contribution in [0.3, 0.4) is 0 Å². The molecular formula is C18H25ClO4. The maximum absolute atomic E-state index is 6.22. The quantitative estimate of drug-likeness (QED) is 0.774. The zero-order valence-corrected chi connectivity index (χ0v) is 14.7. The van der Waals surface area contributed by atoms with Gasteiger partial charge in [0.2, 0.25) is 0 Å². The van der Waals surface area contributed by atoms with Crippen molar-refractivity contribution in [3.05, 3.63) is 34.9 Å². The smallest absolute Gasteiger partial charge is 0.190 e. The summed E-state index contributed by atoms with van der Waals surface area (Å²) in [5, 5.41) is 0.719. The van der Waals surface area contributed by atoms with E-state index in [2.05, 4.69) is 6.92 Å². The maximum Gasteiger partial charge on any atom is 0.190 e. The van der Waals surface area contributed by atoms with Crippen LogP contribution in [-0.2, 0) is 25.6 Å². The minimum absolute atomic E-state index is 0.00328. The van der Waals surface area contributed by atoms with Gasteiger partial charge in [-0.05, 0) is 31.9 Å². The number of ether oxygens (including phenoxy) is 4. The maximum atomic E-state index is 6.22. The number of fused-ring (bicyclic) bond motifs is 1. The fraction of sp³-hybridized carbons (Fsp3) is 0.667. The van der Waals surface area contributed by atoms with Crippen LogP contribution in [0.5, 0.6) is 0 Å². The molecule has 0 N–H and O–H groups in total. The third-order valence-electron chi connectivity index (χ3n) is 4.32. The third kappa shape index (κ3) is 3.89. The number of halogens is 1. The summed E-state index contributed by atoms with van der Waals surface area (Å²) in [7, 11) is 0. The highest BCUT2D eigenvalue weighted by Crippen LogP contribution is 2.40. The van der Waals surface area contributed by atoms with Crippen LogP contribution in [0.1, 0.15) is 45.6 Å². The molecule has 0 aromatic heterocycles. The fourth-order valence-electron chi connectivity index (χ4n) is 3.19. The molecule has 4 nitrogen and oxygen atoms in total. The summed E-state index contributed by atoms with van der Waals surface area (Å²) in [6.07, 6.45) is 2.51. The lowest BCUT2D eigenvalue weighted by molar-refractivity contribution is -0.219. The van der Waals surface area contributed by atoms with Gasteiger partial charge < -0.3 is 18.9 Å². The van der Waals surface area contributed by atoms with Gasteiger partial charge in [0.25, 0.3) is 0 Å². The molecule has 128 valence electrons. The summed E-state index contributed by atoms with van der Waals surface area (Å²) in [5.74, 6) is -0.628. The van der Waals surface area contributed by atoms with Crippen molar-refractivity contribution in [1.82, 2.24) is 0 Å². The van der Waals surface area contributed by atoms with Gasteiger partial charge in [-0.25, -0.2) is 0 Å². The van der Waals surface area contributed by atoms with Gasteiger partial charge in [-0.3, -0.25) is 0 Å². The molecule has 23 heavy (non-hydrogen) atoms. The summed E-state index contributed by atoms with van der Waals surface area (Å²) < 4.78 is 24.1. The topological polar surface area (TPSA) is 36.9 Å². The molecule has 2 saturated heterocycles. The van der Waals surface area contributed by atoms with Crippen molar-refractivity contribution in [2.24, 2.45) is 0 Å². The molecule has 2 aliphatic heterocycles. The average Bonchev–Trinajstić information content (AvgIpc) is 2.96. The molecule has 2 heterocycles. The first-order valence-electron chi connectivity index (χ1n) is 8.36. The van der Waals surface area contributed by atoms with Gasteiger partial charge in [0, 0.05) is 5.02 Å². The van der Waals surface area contributed by atoms with E-state index in [9.17, 15) is 0 Å². The lowest BCUT2D eigenvalue weighted by Crippen LogP contribution is -2.36. The van der Waals surface area contributed by atoms with Crippen LogP contribution < -0.4 is 0 Å². The van der Waals surface area contributed by atoms with E-state index in [1.165, 1.54) is 0 Å². The molecular weight excluding hydrogens is 316 g/mol. The van der Waals surface area contributed by atoms with Gasteiger partial charge in [-0.15, -0.1) is 0 Å². The third-order valence-corrected chi connectivity index (χ3v) is 4.69. The van der Waals surface area contributed by atoms with Gasteiger partial charge in [0.15, 0.2) is 12.1 Å². The van der Waals surface area contributed by atoms with Gasteiger partial charge in [0.1, 0.15) is 12.2 Å². The predicted octanol–water partition coefficient (Wildman–Crippen LogP) is 4.29. The van der Waals surface area contributed by atoms with Gasteiger partial charge in [-0.2, -0.15) is 0 Å². The summed E-state index contributed by atoms with van der Waals surface area (Å²) in [6, 6.07) is 7.74. The Morgan fingerprint density at radius 2 is 2.00 bits per heavy atom. The Morgan fingerprint density at radius 3 is 2.74 bits per heavy atom. The first-order valence-corrected chi connectivity index (χ1v) is 8.74. The summed E-state index contributed by atoms with van der Waals surface area (Å²) in [4.78, 5) is 0. The molecule has 0 unspecified atom stereocenters. The lowest BCUT2D eigenvalue weighted by atomic mass is 10.0. The Labute approximate surface area is 143 Å². The van der Waals surface area contributed by atoms with Crippen LogP contribution in [0.25, 0.3) is 0 Å². The Kier molecular flexibility index (Phi) is 5.29. The highest BCUT2D eigenvalue weighted by molar-refractivity contribution is 6.31. The molecule has 0 saturated carbocycles. The average molecular weight is 341 g/mol. The zero-order valence-electron chi connectivity index (χ0n) is 14.0. The van der Waals surface area contributed by atoms with Crippen LogP contribution in [0.2, 0.25) is 5.02 Å². The van der Waals surface area contributed by atoms with Crippen molar-refractivity contribution >= 4 is 11.6 Å². The van der Waals surface area contributed by atoms with Gasteiger partial charge >= 0.3 is 0 Å². The monoisotopic (exact) mass is 340 g/mol. The van der Waals surface area contributed by atoms with Crippen LogP contribution in [0, 0.1) is 0 Å². The number of hydrogen-bond acceptors (Lipinski definition) is 4. The largest absolute Gasteiger partial charge is 0.368 e. The van der Waals surface area contributed by atoms with Crippen molar-refractivity contribution in [3.63, 3.8) is 0 Å². The number of benzene rings is 1. The minimum Gasteiger partial charge on any atom is -0.368 e. The SMILES string of the molecule is CCCC[C@H]1O[C@@H]2OC(C)(C)O[C@@H]2[C@H]1OCc1ccccc1Cl. The van der Waals surface area contributed by atoms with E-state index in [1.54, 1.807) is 0 Å².